The zero-order valence-corrected chi connectivity index (χ0v) is 12.0. The van der Waals surface area contributed by atoms with Gasteiger partial charge in [-0.05, 0) is 42.8 Å². The first-order chi connectivity index (χ1) is 10.6. The highest BCUT2D eigenvalue weighted by atomic mass is 16.5. The van der Waals surface area contributed by atoms with Crippen LogP contribution in [0.15, 0.2) is 36.5 Å². The summed E-state index contributed by atoms with van der Waals surface area (Å²) in [5, 5.41) is 2.79. The van der Waals surface area contributed by atoms with Crippen molar-refractivity contribution in [2.24, 2.45) is 0 Å². The first kappa shape index (κ1) is 12.7. The van der Waals surface area contributed by atoms with Gasteiger partial charge in [-0.1, -0.05) is 0 Å². The molecule has 2 aromatic heterocycles. The van der Waals surface area contributed by atoms with E-state index in [1.54, 1.807) is 0 Å². The first-order valence-electron chi connectivity index (χ1n) is 6.93. The molecule has 0 saturated carbocycles. The Balaban J connectivity index is 1.87. The number of benzene rings is 1. The molecule has 22 heavy (non-hydrogen) atoms. The SMILES string of the molecule is Cc1ccn2c(N)c(-c3ccc4c(c3)NC(=O)CO4)nc2c1. The van der Waals surface area contributed by atoms with Gasteiger partial charge in [0.05, 0.1) is 5.69 Å². The van der Waals surface area contributed by atoms with E-state index in [0.717, 1.165) is 16.8 Å². The molecule has 0 saturated heterocycles. The number of nitrogen functional groups attached to an aromatic ring is 1. The number of nitrogens with one attached hydrogen (secondary N) is 1. The summed E-state index contributed by atoms with van der Waals surface area (Å²) in [6.07, 6.45) is 1.90. The van der Waals surface area contributed by atoms with E-state index in [4.69, 9.17) is 10.5 Å². The van der Waals surface area contributed by atoms with E-state index in [1.807, 2.05) is 47.9 Å². The molecule has 0 radical (unpaired) electrons. The van der Waals surface area contributed by atoms with Gasteiger partial charge >= 0.3 is 0 Å². The molecule has 0 aliphatic carbocycles. The number of ether oxygens (including phenoxy) is 1. The van der Waals surface area contributed by atoms with E-state index >= 15 is 0 Å². The van der Waals surface area contributed by atoms with Gasteiger partial charge in [0.15, 0.2) is 6.61 Å². The van der Waals surface area contributed by atoms with E-state index in [2.05, 4.69) is 10.3 Å². The molecule has 1 aromatic carbocycles. The highest BCUT2D eigenvalue weighted by Gasteiger charge is 2.18. The van der Waals surface area contributed by atoms with Gasteiger partial charge in [0.25, 0.3) is 5.91 Å². The molecule has 3 N–H and O–H groups in total. The molecule has 3 aromatic rings. The molecule has 6 heteroatoms. The van der Waals surface area contributed by atoms with Gasteiger partial charge in [-0.25, -0.2) is 4.98 Å². The van der Waals surface area contributed by atoms with Crippen LogP contribution in [-0.2, 0) is 4.79 Å². The lowest BCUT2D eigenvalue weighted by Crippen LogP contribution is -2.25. The van der Waals surface area contributed by atoms with Crippen molar-refractivity contribution in [3.8, 4) is 17.0 Å². The molecule has 0 atom stereocenters. The van der Waals surface area contributed by atoms with Crippen molar-refractivity contribution in [3.63, 3.8) is 0 Å². The lowest BCUT2D eigenvalue weighted by Gasteiger charge is -2.18. The largest absolute Gasteiger partial charge is 0.482 e. The minimum absolute atomic E-state index is 0.0438. The molecule has 4 rings (SSSR count). The zero-order chi connectivity index (χ0) is 15.3. The van der Waals surface area contributed by atoms with Crippen LogP contribution < -0.4 is 15.8 Å². The number of hydrogen-bond donors (Lipinski definition) is 2. The number of nitrogens with two attached hydrogens (primary N) is 1. The number of aryl methyl sites for hydroxylation is 1. The fourth-order valence-corrected chi connectivity index (χ4v) is 2.61. The topological polar surface area (TPSA) is 81.7 Å². The average molecular weight is 294 g/mol. The molecule has 110 valence electrons. The second-order valence-electron chi connectivity index (χ2n) is 5.33. The summed E-state index contributed by atoms with van der Waals surface area (Å²) in [5.41, 5.74) is 10.3. The van der Waals surface area contributed by atoms with Gasteiger partial charge in [-0.2, -0.15) is 0 Å². The molecule has 0 spiro atoms. The predicted octanol–water partition coefficient (Wildman–Crippen LogP) is 2.22. The Hall–Kier alpha value is -3.02. The maximum Gasteiger partial charge on any atom is 0.262 e. The third kappa shape index (κ3) is 1.88. The number of imidazole rings is 1. The second-order valence-corrected chi connectivity index (χ2v) is 5.33. The van der Waals surface area contributed by atoms with Crippen molar-refractivity contribution in [2.75, 3.05) is 17.7 Å². The number of carbonyl (C=O) groups is 1. The number of anilines is 2. The number of nitrogens with zero attached hydrogens (tertiary/aromatic N) is 2. The van der Waals surface area contributed by atoms with Crippen molar-refractivity contribution in [1.29, 1.82) is 0 Å². The summed E-state index contributed by atoms with van der Waals surface area (Å²) in [7, 11) is 0. The molecule has 1 amide bonds. The van der Waals surface area contributed by atoms with Crippen molar-refractivity contribution in [2.45, 2.75) is 6.92 Å². The Kier molecular flexibility index (Phi) is 2.59. The average Bonchev–Trinajstić information content (AvgIpc) is 2.83. The molecular formula is C16H14N4O2. The molecule has 0 unspecified atom stereocenters. The molecule has 0 fully saturated rings. The van der Waals surface area contributed by atoms with Crippen molar-refractivity contribution >= 4 is 23.1 Å². The Labute approximate surface area is 126 Å². The standard InChI is InChI=1S/C16H14N4O2/c1-9-4-5-20-13(6-9)19-15(16(20)17)10-2-3-12-11(7-10)18-14(21)8-22-12/h2-7H,8,17H2,1H3,(H,18,21). The molecule has 6 nitrogen and oxygen atoms in total. The van der Waals surface area contributed by atoms with Crippen LogP contribution in [0.1, 0.15) is 5.56 Å². The maximum absolute atomic E-state index is 11.4. The van der Waals surface area contributed by atoms with Gasteiger partial charge in [0.1, 0.15) is 22.9 Å². The van der Waals surface area contributed by atoms with Gasteiger partial charge in [-0.15, -0.1) is 0 Å². The van der Waals surface area contributed by atoms with Crippen LogP contribution in [0.2, 0.25) is 0 Å². The normalized spacial score (nSPS) is 13.6. The number of amides is 1. The van der Waals surface area contributed by atoms with Crippen LogP contribution in [0.4, 0.5) is 11.5 Å². The smallest absolute Gasteiger partial charge is 0.262 e. The quantitative estimate of drug-likeness (QED) is 0.721. The summed E-state index contributed by atoms with van der Waals surface area (Å²) < 4.78 is 7.21. The third-order valence-electron chi connectivity index (χ3n) is 3.70. The van der Waals surface area contributed by atoms with Gasteiger partial charge < -0.3 is 15.8 Å². The molecule has 3 heterocycles. The highest BCUT2D eigenvalue weighted by Crippen LogP contribution is 2.34. The predicted molar refractivity (Wildman–Crippen MR) is 83.9 cm³/mol. The van der Waals surface area contributed by atoms with E-state index in [0.29, 0.717) is 22.9 Å². The number of aromatic nitrogens is 2. The summed E-state index contributed by atoms with van der Waals surface area (Å²) in [6, 6.07) is 9.50. The molecule has 1 aliphatic rings. The lowest BCUT2D eigenvalue weighted by molar-refractivity contribution is -0.118. The Morgan fingerprint density at radius 3 is 3.05 bits per heavy atom. The molecule has 1 aliphatic heterocycles. The highest BCUT2D eigenvalue weighted by molar-refractivity contribution is 5.96. The lowest BCUT2D eigenvalue weighted by atomic mass is 10.1. The van der Waals surface area contributed by atoms with Crippen LogP contribution in [0.3, 0.4) is 0 Å². The zero-order valence-electron chi connectivity index (χ0n) is 12.0. The number of carbonyl (C=O) groups excluding carboxylic acids is 1. The van der Waals surface area contributed by atoms with Crippen molar-refractivity contribution in [3.05, 3.63) is 42.1 Å². The van der Waals surface area contributed by atoms with Crippen LogP contribution in [0, 0.1) is 6.92 Å². The van der Waals surface area contributed by atoms with Crippen molar-refractivity contribution < 1.29 is 9.53 Å². The monoisotopic (exact) mass is 294 g/mol. The second kappa shape index (κ2) is 4.49. The fourth-order valence-electron chi connectivity index (χ4n) is 2.61. The minimum atomic E-state index is -0.164. The van der Waals surface area contributed by atoms with E-state index in [-0.39, 0.29) is 12.5 Å². The number of pyridine rings is 1. The van der Waals surface area contributed by atoms with Gasteiger partial charge in [-0.3, -0.25) is 9.20 Å². The van der Waals surface area contributed by atoms with Crippen LogP contribution in [0.25, 0.3) is 16.9 Å². The van der Waals surface area contributed by atoms with Gasteiger partial charge in [0.2, 0.25) is 0 Å². The summed E-state index contributed by atoms with van der Waals surface area (Å²) in [6.45, 7) is 2.05. The van der Waals surface area contributed by atoms with E-state index in [1.165, 1.54) is 0 Å². The minimum Gasteiger partial charge on any atom is -0.482 e. The van der Waals surface area contributed by atoms with Crippen LogP contribution in [0.5, 0.6) is 5.75 Å². The number of hydrogen-bond acceptors (Lipinski definition) is 4. The Morgan fingerprint density at radius 2 is 2.18 bits per heavy atom. The third-order valence-corrected chi connectivity index (χ3v) is 3.70. The molecule has 0 bridgehead atoms. The Morgan fingerprint density at radius 1 is 1.32 bits per heavy atom. The van der Waals surface area contributed by atoms with Crippen LogP contribution >= 0.6 is 0 Å². The summed E-state index contributed by atoms with van der Waals surface area (Å²) in [5.74, 6) is 1.06. The van der Waals surface area contributed by atoms with E-state index in [9.17, 15) is 4.79 Å². The fraction of sp³-hybridized carbons (Fsp3) is 0.125. The van der Waals surface area contributed by atoms with Gasteiger partial charge in [0, 0.05) is 11.8 Å². The maximum atomic E-state index is 11.4. The Bertz CT molecular complexity index is 914. The first-order valence-corrected chi connectivity index (χ1v) is 6.93. The molecular weight excluding hydrogens is 280 g/mol. The summed E-state index contributed by atoms with van der Waals surface area (Å²) >= 11 is 0. The van der Waals surface area contributed by atoms with Crippen LogP contribution in [-0.4, -0.2) is 21.9 Å². The summed E-state index contributed by atoms with van der Waals surface area (Å²) in [4.78, 5) is 16.0. The number of fused-ring (bicyclic) bond motifs is 2. The number of rotatable bonds is 1. The van der Waals surface area contributed by atoms with E-state index < -0.39 is 0 Å². The van der Waals surface area contributed by atoms with Crippen molar-refractivity contribution in [1.82, 2.24) is 9.38 Å².